The molecule has 0 saturated heterocycles. The molecule has 0 N–H and O–H groups in total. The van der Waals surface area contributed by atoms with Crippen LogP contribution in [-0.2, 0) is 16.1 Å². The minimum absolute atomic E-state index is 0.232. The molecule has 1 fully saturated rings. The number of hydrogen-bond acceptors (Lipinski definition) is 3. The third-order valence-corrected chi connectivity index (χ3v) is 3.27. The topological polar surface area (TPSA) is 50.1 Å². The first-order valence-corrected chi connectivity index (χ1v) is 5.85. The Morgan fingerprint density at radius 2 is 2.06 bits per heavy atom. The Hall–Kier alpha value is -1.82. The maximum absolute atomic E-state index is 11.6. The molecule has 0 bridgehead atoms. The van der Waals surface area contributed by atoms with Crippen LogP contribution in [-0.4, -0.2) is 5.97 Å². The Kier molecular flexibility index (Phi) is 3.43. The van der Waals surface area contributed by atoms with E-state index in [2.05, 4.69) is 6.07 Å². The average Bonchev–Trinajstić information content (AvgIpc) is 2.33. The lowest BCUT2D eigenvalue weighted by atomic mass is 9.68. The minimum Gasteiger partial charge on any atom is -0.461 e. The van der Waals surface area contributed by atoms with Gasteiger partial charge >= 0.3 is 5.97 Å². The van der Waals surface area contributed by atoms with Gasteiger partial charge in [-0.05, 0) is 18.4 Å². The summed E-state index contributed by atoms with van der Waals surface area (Å²) in [5.41, 5.74) is 0.536. The molecule has 88 valence electrons. The van der Waals surface area contributed by atoms with E-state index in [1.165, 1.54) is 0 Å². The van der Waals surface area contributed by atoms with Gasteiger partial charge in [0, 0.05) is 0 Å². The monoisotopic (exact) mass is 229 g/mol. The zero-order valence-electron chi connectivity index (χ0n) is 9.69. The molecule has 0 radical (unpaired) electrons. The Balaban J connectivity index is 1.81. The van der Waals surface area contributed by atoms with Gasteiger partial charge in [-0.3, -0.25) is 4.79 Å². The molecule has 0 heterocycles. The average molecular weight is 229 g/mol. The van der Waals surface area contributed by atoms with Gasteiger partial charge in [-0.1, -0.05) is 36.8 Å². The van der Waals surface area contributed by atoms with Crippen LogP contribution in [0, 0.1) is 16.7 Å². The van der Waals surface area contributed by atoms with Crippen molar-refractivity contribution in [2.45, 2.75) is 32.3 Å². The summed E-state index contributed by atoms with van der Waals surface area (Å²) in [6.45, 7) is 0.293. The number of esters is 1. The van der Waals surface area contributed by atoms with E-state index in [4.69, 9.17) is 10.00 Å². The third-order valence-electron chi connectivity index (χ3n) is 3.27. The zero-order valence-corrected chi connectivity index (χ0v) is 9.69. The van der Waals surface area contributed by atoms with Gasteiger partial charge in [-0.2, -0.15) is 5.26 Å². The molecule has 17 heavy (non-hydrogen) atoms. The van der Waals surface area contributed by atoms with E-state index in [0.717, 1.165) is 24.8 Å². The van der Waals surface area contributed by atoms with Crippen molar-refractivity contribution in [3.63, 3.8) is 0 Å². The first-order valence-electron chi connectivity index (χ1n) is 5.85. The van der Waals surface area contributed by atoms with E-state index >= 15 is 0 Å². The third kappa shape index (κ3) is 2.85. The van der Waals surface area contributed by atoms with E-state index in [1.807, 2.05) is 30.3 Å². The molecule has 1 aliphatic rings. The van der Waals surface area contributed by atoms with Crippen LogP contribution in [0.4, 0.5) is 0 Å². The van der Waals surface area contributed by atoms with Gasteiger partial charge in [-0.25, -0.2) is 0 Å². The quantitative estimate of drug-likeness (QED) is 0.746. The summed E-state index contributed by atoms with van der Waals surface area (Å²) < 4.78 is 5.17. The van der Waals surface area contributed by atoms with Gasteiger partial charge in [0.15, 0.2) is 0 Å². The molecule has 0 amide bonds. The van der Waals surface area contributed by atoms with E-state index in [1.54, 1.807) is 0 Å². The highest BCUT2D eigenvalue weighted by atomic mass is 16.5. The fourth-order valence-electron chi connectivity index (χ4n) is 2.00. The maximum atomic E-state index is 11.6. The van der Waals surface area contributed by atoms with Crippen molar-refractivity contribution in [2.24, 2.45) is 5.41 Å². The highest BCUT2D eigenvalue weighted by molar-refractivity contribution is 5.71. The molecule has 1 aromatic carbocycles. The number of nitrogens with zero attached hydrogens (tertiary/aromatic N) is 1. The molecule has 0 aliphatic heterocycles. The second-order valence-electron chi connectivity index (χ2n) is 4.57. The fourth-order valence-corrected chi connectivity index (χ4v) is 2.00. The Morgan fingerprint density at radius 1 is 1.35 bits per heavy atom. The number of nitriles is 1. The molecule has 0 unspecified atom stereocenters. The number of carbonyl (C=O) groups is 1. The SMILES string of the molecule is N#CC1(CC(=O)OCc2ccccc2)CCC1. The summed E-state index contributed by atoms with van der Waals surface area (Å²) in [6, 6.07) is 11.8. The molecule has 2 rings (SSSR count). The lowest BCUT2D eigenvalue weighted by Crippen LogP contribution is -2.31. The summed E-state index contributed by atoms with van der Waals surface area (Å²) in [6.07, 6.45) is 2.92. The van der Waals surface area contributed by atoms with Crippen molar-refractivity contribution < 1.29 is 9.53 Å². The van der Waals surface area contributed by atoms with E-state index in [-0.39, 0.29) is 12.4 Å². The van der Waals surface area contributed by atoms with Gasteiger partial charge in [0.25, 0.3) is 0 Å². The highest BCUT2D eigenvalue weighted by Crippen LogP contribution is 2.43. The molecule has 0 atom stereocenters. The molecule has 0 spiro atoms. The van der Waals surface area contributed by atoms with Gasteiger partial charge in [0.2, 0.25) is 0 Å². The van der Waals surface area contributed by atoms with Crippen LogP contribution in [0.15, 0.2) is 30.3 Å². The molecule has 3 heteroatoms. The van der Waals surface area contributed by atoms with Crippen LogP contribution in [0.1, 0.15) is 31.2 Å². The number of benzene rings is 1. The van der Waals surface area contributed by atoms with Crippen LogP contribution in [0.2, 0.25) is 0 Å². The minimum atomic E-state index is -0.437. The van der Waals surface area contributed by atoms with Crippen LogP contribution in [0.5, 0.6) is 0 Å². The molecule has 1 saturated carbocycles. The standard InChI is InChI=1S/C14H15NO2/c15-11-14(7-4-8-14)9-13(16)17-10-12-5-2-1-3-6-12/h1-3,5-6H,4,7-10H2. The largest absolute Gasteiger partial charge is 0.461 e. The van der Waals surface area contributed by atoms with Crippen molar-refractivity contribution in [2.75, 3.05) is 0 Å². The highest BCUT2D eigenvalue weighted by Gasteiger charge is 2.39. The zero-order chi connectivity index (χ0) is 12.1. The first-order chi connectivity index (χ1) is 8.24. The van der Waals surface area contributed by atoms with Gasteiger partial charge in [0.05, 0.1) is 17.9 Å². The van der Waals surface area contributed by atoms with Crippen LogP contribution in [0.25, 0.3) is 0 Å². The molecular formula is C14H15NO2. The Morgan fingerprint density at radius 3 is 2.59 bits per heavy atom. The van der Waals surface area contributed by atoms with Crippen LogP contribution in [0.3, 0.4) is 0 Å². The van der Waals surface area contributed by atoms with Crippen molar-refractivity contribution in [3.8, 4) is 6.07 Å². The second kappa shape index (κ2) is 5.01. The lowest BCUT2D eigenvalue weighted by molar-refractivity contribution is -0.148. The van der Waals surface area contributed by atoms with Gasteiger partial charge in [0.1, 0.15) is 6.61 Å². The smallest absolute Gasteiger partial charge is 0.307 e. The van der Waals surface area contributed by atoms with Crippen LogP contribution >= 0.6 is 0 Å². The predicted octanol–water partition coefficient (Wildman–Crippen LogP) is 2.81. The van der Waals surface area contributed by atoms with Gasteiger partial charge in [-0.15, -0.1) is 0 Å². The van der Waals surface area contributed by atoms with Gasteiger partial charge < -0.3 is 4.74 Å². The number of carbonyl (C=O) groups excluding carboxylic acids is 1. The van der Waals surface area contributed by atoms with Crippen molar-refractivity contribution in [1.29, 1.82) is 5.26 Å². The van der Waals surface area contributed by atoms with E-state index in [9.17, 15) is 4.79 Å². The second-order valence-corrected chi connectivity index (χ2v) is 4.57. The van der Waals surface area contributed by atoms with E-state index < -0.39 is 5.41 Å². The molecule has 1 aromatic rings. The number of ether oxygens (including phenoxy) is 1. The predicted molar refractivity (Wildman–Crippen MR) is 62.8 cm³/mol. The molecule has 1 aliphatic carbocycles. The summed E-state index contributed by atoms with van der Waals surface area (Å²) in [7, 11) is 0. The normalized spacial score (nSPS) is 16.6. The number of rotatable bonds is 4. The summed E-state index contributed by atoms with van der Waals surface area (Å²) in [5, 5.41) is 9.01. The Bertz CT molecular complexity index is 429. The maximum Gasteiger partial charge on any atom is 0.307 e. The van der Waals surface area contributed by atoms with Crippen molar-refractivity contribution in [1.82, 2.24) is 0 Å². The Labute approximate surface area is 101 Å². The van der Waals surface area contributed by atoms with Crippen molar-refractivity contribution in [3.05, 3.63) is 35.9 Å². The fraction of sp³-hybridized carbons (Fsp3) is 0.429. The lowest BCUT2D eigenvalue weighted by Gasteiger charge is -2.33. The molecule has 0 aromatic heterocycles. The van der Waals surface area contributed by atoms with E-state index in [0.29, 0.717) is 6.61 Å². The molecular weight excluding hydrogens is 214 g/mol. The summed E-state index contributed by atoms with van der Waals surface area (Å²) in [4.78, 5) is 11.6. The van der Waals surface area contributed by atoms with Crippen LogP contribution < -0.4 is 0 Å². The summed E-state index contributed by atoms with van der Waals surface area (Å²) >= 11 is 0. The molecule has 3 nitrogen and oxygen atoms in total. The number of hydrogen-bond donors (Lipinski definition) is 0. The summed E-state index contributed by atoms with van der Waals surface area (Å²) in [5.74, 6) is -0.268. The first kappa shape index (κ1) is 11.7. The van der Waals surface area contributed by atoms with Crippen molar-refractivity contribution >= 4 is 5.97 Å².